The molecule has 1 heterocycles. The molecule has 1 fully saturated rings. The van der Waals surface area contributed by atoms with Crippen molar-refractivity contribution >= 4 is 38.0 Å². The third-order valence-corrected chi connectivity index (χ3v) is 4.91. The maximum Gasteiger partial charge on any atom is 0.126 e. The molecule has 0 radical (unpaired) electrons. The normalized spacial score (nSPS) is 15.8. The van der Waals surface area contributed by atoms with Gasteiger partial charge in [0.25, 0.3) is 0 Å². The maximum absolute atomic E-state index is 4.60. The highest BCUT2D eigenvalue weighted by Gasteiger charge is 2.12. The molecule has 3 nitrogen and oxygen atoms in total. The molecule has 1 aromatic rings. The molecule has 1 aliphatic heterocycles. The summed E-state index contributed by atoms with van der Waals surface area (Å²) in [5.41, 5.74) is 1.28. The first-order valence-corrected chi connectivity index (χ1v) is 11.5. The van der Waals surface area contributed by atoms with Gasteiger partial charge in [0.15, 0.2) is 0 Å². The van der Waals surface area contributed by atoms with Crippen molar-refractivity contribution in [2.45, 2.75) is 77.2 Å². The van der Waals surface area contributed by atoms with Gasteiger partial charge >= 0.3 is 0 Å². The number of anilines is 1. The Morgan fingerprint density at radius 1 is 1.04 bits per heavy atom. The monoisotopic (exact) mass is 430 g/mol. The van der Waals surface area contributed by atoms with Crippen molar-refractivity contribution in [1.82, 2.24) is 0 Å². The lowest BCUT2D eigenvalue weighted by molar-refractivity contribution is 0.174. The van der Waals surface area contributed by atoms with Crippen LogP contribution in [-0.2, 0) is 4.84 Å². The molecule has 2 aliphatic rings. The van der Waals surface area contributed by atoms with E-state index < -0.39 is 0 Å². The van der Waals surface area contributed by atoms with Gasteiger partial charge in [0.2, 0.25) is 0 Å². The van der Waals surface area contributed by atoms with Crippen LogP contribution in [0.25, 0.3) is 0 Å². The van der Waals surface area contributed by atoms with Gasteiger partial charge in [0, 0.05) is 23.0 Å². The first kappa shape index (κ1) is 24.3. The van der Waals surface area contributed by atoms with Gasteiger partial charge in [0.1, 0.15) is 11.2 Å². The number of nitrogens with one attached hydrogen (secondary N) is 1. The Labute approximate surface area is 167 Å². The summed E-state index contributed by atoms with van der Waals surface area (Å²) in [5, 5.41) is 7.19. The van der Waals surface area contributed by atoms with E-state index in [9.17, 15) is 0 Å². The van der Waals surface area contributed by atoms with Crippen LogP contribution in [0.5, 0.6) is 0 Å². The number of halogens is 1. The minimum absolute atomic E-state index is 0.707. The fourth-order valence-electron chi connectivity index (χ4n) is 2.46. The Kier molecular flexibility index (Phi) is 16.3. The van der Waals surface area contributed by atoms with Crippen LogP contribution in [0.15, 0.2) is 34.3 Å². The van der Waals surface area contributed by atoms with Crippen LogP contribution in [0, 0.1) is 0 Å². The lowest BCUT2D eigenvalue weighted by atomic mass is 9.95. The number of nitrogens with zero attached hydrogens (tertiary/aromatic N) is 1. The molecule has 144 valence electrons. The topological polar surface area (TPSA) is 33.6 Å². The minimum Gasteiger partial charge on any atom is -0.395 e. The fraction of sp³-hybridized carbons (Fsp3) is 0.650. The van der Waals surface area contributed by atoms with E-state index in [2.05, 4.69) is 61.8 Å². The average Bonchev–Trinajstić information content (AvgIpc) is 3.18. The van der Waals surface area contributed by atoms with Gasteiger partial charge in [-0.05, 0) is 59.3 Å². The maximum atomic E-state index is 4.60. The van der Waals surface area contributed by atoms with Crippen LogP contribution in [0.4, 0.5) is 5.69 Å². The zero-order valence-electron chi connectivity index (χ0n) is 16.5. The van der Waals surface area contributed by atoms with Crippen LogP contribution in [0.3, 0.4) is 0 Å². The van der Waals surface area contributed by atoms with E-state index in [1.165, 1.54) is 42.7 Å². The molecule has 1 aromatic carbocycles. The fourth-order valence-corrected chi connectivity index (χ4v) is 3.13. The summed E-state index contributed by atoms with van der Waals surface area (Å²) in [6, 6.07) is 9.48. The second kappa shape index (κ2) is 16.8. The predicted molar refractivity (Wildman–Crippen MR) is 118 cm³/mol. The zero-order chi connectivity index (χ0) is 18.9. The smallest absolute Gasteiger partial charge is 0.126 e. The lowest BCUT2D eigenvalue weighted by Crippen LogP contribution is -2.22. The van der Waals surface area contributed by atoms with Gasteiger partial charge in [-0.3, -0.25) is 0 Å². The van der Waals surface area contributed by atoms with Gasteiger partial charge in [-0.2, -0.15) is 0 Å². The van der Waals surface area contributed by atoms with E-state index in [4.69, 9.17) is 0 Å². The SMILES string of the molecule is BrC1=NOCC1.CC.CC.CSc1ccc(NC2CCCCC2)cc1. The highest BCUT2D eigenvalue weighted by Crippen LogP contribution is 2.23. The molecule has 5 heteroatoms. The molecule has 25 heavy (non-hydrogen) atoms. The third-order valence-electron chi connectivity index (χ3n) is 3.63. The Morgan fingerprint density at radius 3 is 2.04 bits per heavy atom. The summed E-state index contributed by atoms with van der Waals surface area (Å²) in [6.07, 6.45) is 9.92. The lowest BCUT2D eigenvalue weighted by Gasteiger charge is -2.23. The van der Waals surface area contributed by atoms with Gasteiger partial charge in [-0.15, -0.1) is 11.8 Å². The summed E-state index contributed by atoms with van der Waals surface area (Å²) in [7, 11) is 0. The molecular weight excluding hydrogens is 396 g/mol. The molecule has 0 unspecified atom stereocenters. The van der Waals surface area contributed by atoms with Crippen molar-refractivity contribution in [2.75, 3.05) is 18.2 Å². The van der Waals surface area contributed by atoms with Gasteiger partial charge < -0.3 is 10.2 Å². The summed E-state index contributed by atoms with van der Waals surface area (Å²) in [6.45, 7) is 8.74. The number of benzene rings is 1. The van der Waals surface area contributed by atoms with Crippen molar-refractivity contribution in [1.29, 1.82) is 0 Å². The van der Waals surface area contributed by atoms with E-state index >= 15 is 0 Å². The second-order valence-corrected chi connectivity index (χ2v) is 7.05. The molecule has 1 aliphatic carbocycles. The predicted octanol–water partition coefficient (Wildman–Crippen LogP) is 7.32. The zero-order valence-corrected chi connectivity index (χ0v) is 18.9. The minimum atomic E-state index is 0.707. The molecule has 0 amide bonds. The van der Waals surface area contributed by atoms with Gasteiger partial charge in [0.05, 0.1) is 0 Å². The van der Waals surface area contributed by atoms with Crippen LogP contribution in [0.2, 0.25) is 0 Å². The molecule has 0 atom stereocenters. The first-order chi connectivity index (χ1) is 12.3. The quantitative estimate of drug-likeness (QED) is 0.509. The van der Waals surface area contributed by atoms with E-state index in [0.717, 1.165) is 17.6 Å². The molecule has 0 bridgehead atoms. The number of thioether (sulfide) groups is 1. The van der Waals surface area contributed by atoms with Crippen LogP contribution >= 0.6 is 27.7 Å². The highest BCUT2D eigenvalue weighted by molar-refractivity contribution is 9.18. The van der Waals surface area contributed by atoms with E-state index in [1.54, 1.807) is 11.8 Å². The molecule has 3 rings (SSSR count). The Hall–Kier alpha value is -0.680. The largest absolute Gasteiger partial charge is 0.395 e. The van der Waals surface area contributed by atoms with Crippen molar-refractivity contribution in [3.8, 4) is 0 Å². The van der Waals surface area contributed by atoms with Crippen molar-refractivity contribution < 1.29 is 4.84 Å². The standard InChI is InChI=1S/C13H19NS.C3H4BrNO.2C2H6/c1-15-13-9-7-12(8-10-13)14-11-5-3-2-4-6-11;4-3-1-2-6-5-3;2*1-2/h7-11,14H,2-6H2,1H3;1-2H2;2*1-2H3. The highest BCUT2D eigenvalue weighted by atomic mass is 79.9. The number of oxime groups is 1. The molecule has 0 aromatic heterocycles. The number of hydrogen-bond donors (Lipinski definition) is 1. The van der Waals surface area contributed by atoms with Crippen LogP contribution in [-0.4, -0.2) is 23.5 Å². The van der Waals surface area contributed by atoms with Crippen molar-refractivity contribution in [3.63, 3.8) is 0 Å². The van der Waals surface area contributed by atoms with Crippen LogP contribution < -0.4 is 5.32 Å². The summed E-state index contributed by atoms with van der Waals surface area (Å²) in [4.78, 5) is 5.94. The Bertz CT molecular complexity index is 446. The van der Waals surface area contributed by atoms with Crippen LogP contribution in [0.1, 0.15) is 66.2 Å². The summed E-state index contributed by atoms with van der Waals surface area (Å²) >= 11 is 4.96. The number of rotatable bonds is 3. The first-order valence-electron chi connectivity index (χ1n) is 9.53. The van der Waals surface area contributed by atoms with Crippen molar-refractivity contribution in [3.05, 3.63) is 24.3 Å². The Morgan fingerprint density at radius 2 is 1.64 bits per heavy atom. The molecular formula is C20H35BrN2OS. The molecule has 0 saturated heterocycles. The second-order valence-electron chi connectivity index (χ2n) is 5.26. The summed E-state index contributed by atoms with van der Waals surface area (Å²) < 4.78 is 0.919. The molecule has 0 spiro atoms. The molecule has 1 saturated carbocycles. The Balaban J connectivity index is 0.000000481. The van der Waals surface area contributed by atoms with Gasteiger partial charge in [-0.25, -0.2) is 0 Å². The van der Waals surface area contributed by atoms with E-state index in [1.807, 2.05) is 27.7 Å². The molecule has 1 N–H and O–H groups in total. The average molecular weight is 431 g/mol. The van der Waals surface area contributed by atoms with Gasteiger partial charge in [-0.1, -0.05) is 52.1 Å². The van der Waals surface area contributed by atoms with Crippen molar-refractivity contribution in [2.24, 2.45) is 5.16 Å². The van der Waals surface area contributed by atoms with E-state index in [-0.39, 0.29) is 0 Å². The third kappa shape index (κ3) is 11.5. The number of hydrogen-bond acceptors (Lipinski definition) is 4. The van der Waals surface area contributed by atoms with E-state index in [0.29, 0.717) is 6.04 Å². The summed E-state index contributed by atoms with van der Waals surface area (Å²) in [5.74, 6) is 0.